The van der Waals surface area contributed by atoms with Crippen LogP contribution >= 0.6 is 11.6 Å². The molecule has 19 heavy (non-hydrogen) atoms. The van der Waals surface area contributed by atoms with E-state index in [4.69, 9.17) is 16.3 Å². The van der Waals surface area contributed by atoms with Crippen LogP contribution in [0.1, 0.15) is 26.7 Å². The third-order valence-electron chi connectivity index (χ3n) is 2.57. The van der Waals surface area contributed by atoms with Crippen molar-refractivity contribution < 1.29 is 9.53 Å². The van der Waals surface area contributed by atoms with Crippen LogP contribution in [-0.2, 0) is 4.79 Å². The summed E-state index contributed by atoms with van der Waals surface area (Å²) in [5.41, 5.74) is 0.697. The van der Waals surface area contributed by atoms with Gasteiger partial charge in [-0.25, -0.2) is 0 Å². The second kappa shape index (κ2) is 8.02. The number of rotatable bonds is 7. The molecule has 0 aliphatic rings. The summed E-state index contributed by atoms with van der Waals surface area (Å²) < 4.78 is 5.10. The molecule has 106 valence electrons. The normalized spacial score (nSPS) is 10.6. The first kappa shape index (κ1) is 15.8. The van der Waals surface area contributed by atoms with Gasteiger partial charge in [-0.2, -0.15) is 0 Å². The Morgan fingerprint density at radius 3 is 2.79 bits per heavy atom. The van der Waals surface area contributed by atoms with Gasteiger partial charge in [0, 0.05) is 24.2 Å². The molecular formula is C14H21ClN2O2. The summed E-state index contributed by atoms with van der Waals surface area (Å²) in [6, 6.07) is 5.63. The zero-order valence-electron chi connectivity index (χ0n) is 11.6. The summed E-state index contributed by atoms with van der Waals surface area (Å²) in [5.74, 6) is 0.552. The standard InChI is InChI=1S/C14H21ClN2O2/c1-10(2)16-8-4-5-14(18)17-11-6-7-12(15)13(9-11)19-3/h6-7,9-10,16H,4-5,8H2,1-3H3,(H,17,18). The predicted octanol–water partition coefficient (Wildman–Crippen LogP) is 3.07. The Morgan fingerprint density at radius 1 is 1.42 bits per heavy atom. The number of hydrogen-bond acceptors (Lipinski definition) is 3. The number of ether oxygens (including phenoxy) is 1. The maximum absolute atomic E-state index is 11.7. The zero-order chi connectivity index (χ0) is 14.3. The van der Waals surface area contributed by atoms with Gasteiger partial charge in [0.25, 0.3) is 0 Å². The van der Waals surface area contributed by atoms with Crippen molar-refractivity contribution in [3.05, 3.63) is 23.2 Å². The Hall–Kier alpha value is -1.26. The van der Waals surface area contributed by atoms with Crippen molar-refractivity contribution >= 4 is 23.2 Å². The van der Waals surface area contributed by atoms with Crippen molar-refractivity contribution in [3.63, 3.8) is 0 Å². The van der Waals surface area contributed by atoms with E-state index in [0.717, 1.165) is 13.0 Å². The summed E-state index contributed by atoms with van der Waals surface area (Å²) in [6.07, 6.45) is 1.30. The lowest BCUT2D eigenvalue weighted by molar-refractivity contribution is -0.116. The molecule has 1 amide bonds. The molecule has 0 atom stereocenters. The van der Waals surface area contributed by atoms with Crippen molar-refractivity contribution in [2.45, 2.75) is 32.7 Å². The van der Waals surface area contributed by atoms with Gasteiger partial charge in [0.2, 0.25) is 5.91 Å². The lowest BCUT2D eigenvalue weighted by Gasteiger charge is -2.09. The summed E-state index contributed by atoms with van der Waals surface area (Å²) in [4.78, 5) is 11.7. The highest BCUT2D eigenvalue weighted by atomic mass is 35.5. The number of hydrogen-bond donors (Lipinski definition) is 2. The van der Waals surface area contributed by atoms with E-state index in [9.17, 15) is 4.79 Å². The van der Waals surface area contributed by atoms with E-state index in [2.05, 4.69) is 24.5 Å². The molecule has 0 bridgehead atoms. The highest BCUT2D eigenvalue weighted by molar-refractivity contribution is 6.32. The minimum absolute atomic E-state index is 0.00469. The molecule has 0 heterocycles. The largest absolute Gasteiger partial charge is 0.495 e. The second-order valence-electron chi connectivity index (χ2n) is 4.61. The summed E-state index contributed by atoms with van der Waals surface area (Å²) in [5, 5.41) is 6.63. The lowest BCUT2D eigenvalue weighted by Crippen LogP contribution is -2.24. The Labute approximate surface area is 119 Å². The number of benzene rings is 1. The van der Waals surface area contributed by atoms with Crippen LogP contribution in [0.15, 0.2) is 18.2 Å². The first-order chi connectivity index (χ1) is 9.02. The minimum atomic E-state index is -0.00469. The number of halogens is 1. The van der Waals surface area contributed by atoms with E-state index < -0.39 is 0 Å². The number of anilines is 1. The Morgan fingerprint density at radius 2 is 2.16 bits per heavy atom. The van der Waals surface area contributed by atoms with Crippen molar-refractivity contribution in [2.24, 2.45) is 0 Å². The summed E-state index contributed by atoms with van der Waals surface area (Å²) in [7, 11) is 1.55. The number of amides is 1. The number of carbonyl (C=O) groups is 1. The number of methoxy groups -OCH3 is 1. The van der Waals surface area contributed by atoms with E-state index in [1.807, 2.05) is 0 Å². The molecular weight excluding hydrogens is 264 g/mol. The van der Waals surface area contributed by atoms with Gasteiger partial charge in [-0.3, -0.25) is 4.79 Å². The smallest absolute Gasteiger partial charge is 0.224 e. The molecule has 1 aromatic rings. The van der Waals surface area contributed by atoms with Crippen molar-refractivity contribution in [3.8, 4) is 5.75 Å². The van der Waals surface area contributed by atoms with Gasteiger partial charge in [0.1, 0.15) is 5.75 Å². The molecule has 0 unspecified atom stereocenters. The molecule has 5 heteroatoms. The van der Waals surface area contributed by atoms with Crippen molar-refractivity contribution in [1.82, 2.24) is 5.32 Å². The van der Waals surface area contributed by atoms with Crippen LogP contribution in [0.25, 0.3) is 0 Å². The van der Waals surface area contributed by atoms with Crippen LogP contribution in [-0.4, -0.2) is 25.6 Å². The van der Waals surface area contributed by atoms with Crippen molar-refractivity contribution in [1.29, 1.82) is 0 Å². The van der Waals surface area contributed by atoms with Gasteiger partial charge in [-0.1, -0.05) is 25.4 Å². The van der Waals surface area contributed by atoms with Gasteiger partial charge < -0.3 is 15.4 Å². The molecule has 4 nitrogen and oxygen atoms in total. The van der Waals surface area contributed by atoms with Gasteiger partial charge in [-0.05, 0) is 25.1 Å². The number of nitrogens with one attached hydrogen (secondary N) is 2. The maximum atomic E-state index is 11.7. The van der Waals surface area contributed by atoms with Crippen LogP contribution in [0.4, 0.5) is 5.69 Å². The van der Waals surface area contributed by atoms with Crippen LogP contribution < -0.4 is 15.4 Å². The quantitative estimate of drug-likeness (QED) is 0.757. The molecule has 0 aliphatic carbocycles. The average molecular weight is 285 g/mol. The molecule has 0 saturated heterocycles. The summed E-state index contributed by atoms with van der Waals surface area (Å²) in [6.45, 7) is 5.01. The van der Waals surface area contributed by atoms with E-state index in [-0.39, 0.29) is 5.91 Å². The lowest BCUT2D eigenvalue weighted by atomic mass is 10.2. The van der Waals surface area contributed by atoms with E-state index in [0.29, 0.717) is 28.9 Å². The van der Waals surface area contributed by atoms with Crippen LogP contribution in [0.5, 0.6) is 5.75 Å². The Balaban J connectivity index is 2.40. The molecule has 0 radical (unpaired) electrons. The fourth-order valence-corrected chi connectivity index (χ4v) is 1.80. The van der Waals surface area contributed by atoms with Gasteiger partial charge in [0.05, 0.1) is 12.1 Å². The van der Waals surface area contributed by atoms with Crippen LogP contribution in [0, 0.1) is 0 Å². The molecule has 0 spiro atoms. The minimum Gasteiger partial charge on any atom is -0.495 e. The third-order valence-corrected chi connectivity index (χ3v) is 2.88. The number of carbonyl (C=O) groups excluding carboxylic acids is 1. The summed E-state index contributed by atoms with van der Waals surface area (Å²) >= 11 is 5.92. The Kier molecular flexibility index (Phi) is 6.67. The highest BCUT2D eigenvalue weighted by Crippen LogP contribution is 2.27. The van der Waals surface area contributed by atoms with Gasteiger partial charge in [0.15, 0.2) is 0 Å². The maximum Gasteiger partial charge on any atom is 0.224 e. The molecule has 0 fully saturated rings. The molecule has 2 N–H and O–H groups in total. The average Bonchev–Trinajstić information content (AvgIpc) is 2.37. The highest BCUT2D eigenvalue weighted by Gasteiger charge is 2.05. The molecule has 0 aromatic heterocycles. The second-order valence-corrected chi connectivity index (χ2v) is 5.02. The van der Waals surface area contributed by atoms with Crippen molar-refractivity contribution in [2.75, 3.05) is 19.0 Å². The van der Waals surface area contributed by atoms with E-state index in [1.54, 1.807) is 25.3 Å². The first-order valence-electron chi connectivity index (χ1n) is 6.39. The van der Waals surface area contributed by atoms with E-state index in [1.165, 1.54) is 0 Å². The molecule has 0 aliphatic heterocycles. The zero-order valence-corrected chi connectivity index (χ0v) is 12.4. The van der Waals surface area contributed by atoms with E-state index >= 15 is 0 Å². The monoisotopic (exact) mass is 284 g/mol. The van der Waals surface area contributed by atoms with Gasteiger partial charge in [-0.15, -0.1) is 0 Å². The third kappa shape index (κ3) is 5.94. The first-order valence-corrected chi connectivity index (χ1v) is 6.77. The molecule has 0 saturated carbocycles. The fraction of sp³-hybridized carbons (Fsp3) is 0.500. The topological polar surface area (TPSA) is 50.4 Å². The molecule has 1 aromatic carbocycles. The predicted molar refractivity (Wildman–Crippen MR) is 79.0 cm³/mol. The fourth-order valence-electron chi connectivity index (χ4n) is 1.60. The molecule has 1 rings (SSSR count). The van der Waals surface area contributed by atoms with Gasteiger partial charge >= 0.3 is 0 Å². The Bertz CT molecular complexity index is 422. The van der Waals surface area contributed by atoms with Crippen LogP contribution in [0.3, 0.4) is 0 Å². The SMILES string of the molecule is COc1cc(NC(=O)CCCNC(C)C)ccc1Cl. The van der Waals surface area contributed by atoms with Crippen LogP contribution in [0.2, 0.25) is 5.02 Å².